The van der Waals surface area contributed by atoms with Crippen molar-refractivity contribution in [1.29, 1.82) is 0 Å². The number of fused-ring (bicyclic) bond motifs is 3. The summed E-state index contributed by atoms with van der Waals surface area (Å²) in [6.45, 7) is 16.5. The Balaban J connectivity index is 0.00000308. The van der Waals surface area contributed by atoms with Crippen LogP contribution in [0.15, 0.2) is 79.3 Å². The van der Waals surface area contributed by atoms with E-state index in [-0.39, 0.29) is 21.1 Å². The van der Waals surface area contributed by atoms with Gasteiger partial charge in [0.05, 0.1) is 20.3 Å². The van der Waals surface area contributed by atoms with Gasteiger partial charge in [-0.05, 0) is 43.0 Å². The molecule has 0 radical (unpaired) electrons. The number of para-hydroxylation sites is 1. The largest absolute Gasteiger partial charge is 0.510 e. The van der Waals surface area contributed by atoms with E-state index in [1.807, 2.05) is 54.2 Å². The zero-order chi connectivity index (χ0) is 26.4. The Labute approximate surface area is 244 Å². The van der Waals surface area contributed by atoms with Gasteiger partial charge >= 0.3 is 0 Å². The third-order valence-corrected chi connectivity index (χ3v) is 8.65. The fourth-order valence-electron chi connectivity index (χ4n) is 4.66. The molecule has 6 nitrogen and oxygen atoms in total. The van der Waals surface area contributed by atoms with Crippen LogP contribution in [0.2, 0.25) is 19.6 Å². The van der Waals surface area contributed by atoms with Crippen molar-refractivity contribution in [2.45, 2.75) is 19.6 Å². The van der Waals surface area contributed by atoms with Gasteiger partial charge in [0.2, 0.25) is 0 Å². The fraction of sp³-hybridized carbons (Fsp3) is 0.129. The molecule has 5 aromatic rings. The molecule has 0 fully saturated rings. The van der Waals surface area contributed by atoms with Crippen molar-refractivity contribution in [2.75, 3.05) is 11.9 Å². The van der Waals surface area contributed by atoms with Crippen LogP contribution >= 0.6 is 0 Å². The summed E-state index contributed by atoms with van der Waals surface area (Å²) in [6.07, 6.45) is 5.75. The predicted octanol–water partition coefficient (Wildman–Crippen LogP) is 7.01. The van der Waals surface area contributed by atoms with Gasteiger partial charge in [-0.2, -0.15) is 12.7 Å². The van der Waals surface area contributed by atoms with Crippen molar-refractivity contribution in [2.24, 2.45) is 0 Å². The molecule has 0 saturated carbocycles. The summed E-state index contributed by atoms with van der Waals surface area (Å²) in [5, 5.41) is 3.56. The first kappa shape index (κ1) is 26.7. The van der Waals surface area contributed by atoms with Gasteiger partial charge < -0.3 is 19.1 Å². The normalized spacial score (nSPS) is 13.1. The molecule has 0 aliphatic carbocycles. The van der Waals surface area contributed by atoms with Gasteiger partial charge in [0.1, 0.15) is 5.82 Å². The number of benzene rings is 3. The van der Waals surface area contributed by atoms with Gasteiger partial charge in [0.15, 0.2) is 0 Å². The minimum absolute atomic E-state index is 0. The van der Waals surface area contributed by atoms with Crippen LogP contribution < -0.4 is 14.8 Å². The molecule has 0 saturated heterocycles. The van der Waals surface area contributed by atoms with Crippen LogP contribution in [0.4, 0.5) is 11.4 Å². The van der Waals surface area contributed by atoms with Gasteiger partial charge in [-0.15, -0.1) is 41.4 Å². The minimum Gasteiger partial charge on any atom is -0.510 e. The maximum atomic E-state index is 7.56. The molecule has 1 aliphatic heterocycles. The SMILES string of the molecule is [C-]#[N+]c1cc(Oc2[c-]c3c(cc2)c2ccccc2n3-c2cc([Si](C)(C)C)ccn2)[c-]c(N2C=CN(C)[CH-]2)c1.[Pt]. The Morgan fingerprint density at radius 1 is 0.949 bits per heavy atom. The van der Waals surface area contributed by atoms with E-state index in [1.165, 1.54) is 5.19 Å². The predicted molar refractivity (Wildman–Crippen MR) is 156 cm³/mol. The second-order valence-corrected chi connectivity index (χ2v) is 15.5. The molecule has 3 heterocycles. The average molecular weight is 708 g/mol. The van der Waals surface area contributed by atoms with Crippen LogP contribution in [0.1, 0.15) is 0 Å². The van der Waals surface area contributed by atoms with Crippen LogP contribution in [0.25, 0.3) is 32.5 Å². The molecule has 0 spiro atoms. The molecule has 0 N–H and O–H groups in total. The van der Waals surface area contributed by atoms with Gasteiger partial charge in [0.25, 0.3) is 0 Å². The Kier molecular flexibility index (Phi) is 7.11. The van der Waals surface area contributed by atoms with E-state index in [4.69, 9.17) is 16.3 Å². The standard InChI is InChI=1S/C31H26N5OSi.Pt/c1-32-22-16-23(35-15-14-34(2)21-35)18-25(17-22)37-24-10-11-28-27-8-6-7-9-29(27)36(30(28)19-24)31-20-26(12-13-33-31)38(3,4)5;/h6-17,20-21H,2-5H3;/q-3;. The van der Waals surface area contributed by atoms with Crippen molar-refractivity contribution in [1.82, 2.24) is 14.5 Å². The molecule has 198 valence electrons. The van der Waals surface area contributed by atoms with Crippen LogP contribution in [0.5, 0.6) is 11.5 Å². The van der Waals surface area contributed by atoms with Gasteiger partial charge in [0, 0.05) is 44.3 Å². The fourth-order valence-corrected chi connectivity index (χ4v) is 5.80. The Bertz CT molecular complexity index is 1770. The smallest absolute Gasteiger partial charge is 0.135 e. The average Bonchev–Trinajstić information content (AvgIpc) is 3.49. The number of hydrogen-bond acceptors (Lipinski definition) is 4. The van der Waals surface area contributed by atoms with E-state index in [0.717, 1.165) is 33.3 Å². The zero-order valence-corrected chi connectivity index (χ0v) is 25.3. The molecule has 3 aromatic carbocycles. The van der Waals surface area contributed by atoms with E-state index in [2.05, 4.69) is 77.6 Å². The summed E-state index contributed by atoms with van der Waals surface area (Å²) in [5.41, 5.74) is 3.17. The topological polar surface area (TPSA) is 37.9 Å². The second kappa shape index (κ2) is 10.4. The van der Waals surface area contributed by atoms with Crippen molar-refractivity contribution < 1.29 is 25.8 Å². The number of anilines is 1. The summed E-state index contributed by atoms with van der Waals surface area (Å²) in [6, 6.07) is 26.9. The maximum Gasteiger partial charge on any atom is 0.135 e. The minimum atomic E-state index is -1.54. The first-order chi connectivity index (χ1) is 18.3. The van der Waals surface area contributed by atoms with E-state index in [0.29, 0.717) is 17.2 Å². The second-order valence-electron chi connectivity index (χ2n) is 10.4. The summed E-state index contributed by atoms with van der Waals surface area (Å²) in [5.74, 6) is 1.88. The van der Waals surface area contributed by atoms with Gasteiger partial charge in [-0.3, -0.25) is 4.85 Å². The molecule has 0 unspecified atom stereocenters. The summed E-state index contributed by atoms with van der Waals surface area (Å²) in [4.78, 5) is 12.2. The number of pyridine rings is 1. The first-order valence-corrected chi connectivity index (χ1v) is 15.9. The number of ether oxygens (including phenoxy) is 1. The molecule has 2 aromatic heterocycles. The number of nitrogens with zero attached hydrogens (tertiary/aromatic N) is 5. The molecule has 0 amide bonds. The Morgan fingerprint density at radius 2 is 1.77 bits per heavy atom. The molecule has 0 bridgehead atoms. The molecule has 0 atom stereocenters. The van der Waals surface area contributed by atoms with E-state index in [9.17, 15) is 0 Å². The quantitative estimate of drug-likeness (QED) is 0.146. The van der Waals surface area contributed by atoms with Crippen molar-refractivity contribution >= 4 is 46.4 Å². The van der Waals surface area contributed by atoms with Crippen LogP contribution in [-0.2, 0) is 21.1 Å². The maximum absolute atomic E-state index is 7.56. The molecule has 6 rings (SSSR count). The molecule has 1 aliphatic rings. The van der Waals surface area contributed by atoms with Gasteiger partial charge in [-0.1, -0.05) is 48.5 Å². The van der Waals surface area contributed by atoms with Crippen molar-refractivity contribution in [3.8, 4) is 17.3 Å². The van der Waals surface area contributed by atoms with Gasteiger partial charge in [-0.25, -0.2) is 4.98 Å². The molecule has 39 heavy (non-hydrogen) atoms. The monoisotopic (exact) mass is 707 g/mol. The van der Waals surface area contributed by atoms with Crippen LogP contribution in [0.3, 0.4) is 0 Å². The third-order valence-electron chi connectivity index (χ3n) is 6.61. The number of rotatable bonds is 5. The van der Waals surface area contributed by atoms with E-state index >= 15 is 0 Å². The summed E-state index contributed by atoms with van der Waals surface area (Å²) >= 11 is 0. The first-order valence-electron chi connectivity index (χ1n) is 12.4. The molecular weight excluding hydrogens is 682 g/mol. The number of aromatic nitrogens is 2. The Hall–Kier alpha value is -3.85. The van der Waals surface area contributed by atoms with Crippen LogP contribution in [-0.4, -0.2) is 29.6 Å². The summed E-state index contributed by atoms with van der Waals surface area (Å²) in [7, 11) is 0.413. The van der Waals surface area contributed by atoms with E-state index < -0.39 is 8.07 Å². The molecular formula is C31H26N5OPtSi-3. The number of hydrogen-bond donors (Lipinski definition) is 0. The van der Waals surface area contributed by atoms with E-state index in [1.54, 1.807) is 12.1 Å². The van der Waals surface area contributed by atoms with Crippen LogP contribution in [0, 0.1) is 25.4 Å². The zero-order valence-electron chi connectivity index (χ0n) is 22.0. The van der Waals surface area contributed by atoms with Crippen molar-refractivity contribution in [3.63, 3.8) is 0 Å². The third kappa shape index (κ3) is 5.10. The summed E-state index contributed by atoms with van der Waals surface area (Å²) < 4.78 is 8.42. The Morgan fingerprint density at radius 3 is 2.51 bits per heavy atom. The van der Waals surface area contributed by atoms with Crippen molar-refractivity contribution in [3.05, 3.63) is 109 Å². The molecule has 8 heteroatoms.